The summed E-state index contributed by atoms with van der Waals surface area (Å²) >= 11 is 0. The third-order valence-corrected chi connectivity index (χ3v) is 4.28. The van der Waals surface area contributed by atoms with Gasteiger partial charge in [0.2, 0.25) is 0 Å². The summed E-state index contributed by atoms with van der Waals surface area (Å²) < 4.78 is 5.40. The SMILES string of the molecule is O=C(Oc1ccccc1)N1CCC(N2CCCCC2)C1. The smallest absolute Gasteiger partial charge is 0.410 e. The van der Waals surface area contributed by atoms with Crippen LogP contribution in [-0.2, 0) is 0 Å². The third-order valence-electron chi connectivity index (χ3n) is 4.28. The summed E-state index contributed by atoms with van der Waals surface area (Å²) in [5.74, 6) is 0.624. The fourth-order valence-corrected chi connectivity index (χ4v) is 3.14. The summed E-state index contributed by atoms with van der Waals surface area (Å²) in [5, 5.41) is 0. The molecule has 0 radical (unpaired) electrons. The monoisotopic (exact) mass is 274 g/mol. The largest absolute Gasteiger partial charge is 0.415 e. The van der Waals surface area contributed by atoms with Crippen LogP contribution in [0.2, 0.25) is 0 Å². The number of carbonyl (C=O) groups excluding carboxylic acids is 1. The maximum Gasteiger partial charge on any atom is 0.415 e. The van der Waals surface area contributed by atoms with Crippen LogP contribution in [0.4, 0.5) is 4.79 Å². The normalized spacial score (nSPS) is 23.8. The van der Waals surface area contributed by atoms with Crippen LogP contribution >= 0.6 is 0 Å². The lowest BCUT2D eigenvalue weighted by molar-refractivity contribution is 0.144. The van der Waals surface area contributed by atoms with Gasteiger partial charge in [0.1, 0.15) is 5.75 Å². The van der Waals surface area contributed by atoms with Crippen LogP contribution in [-0.4, -0.2) is 48.1 Å². The average molecular weight is 274 g/mol. The molecule has 0 N–H and O–H groups in total. The zero-order chi connectivity index (χ0) is 13.8. The van der Waals surface area contributed by atoms with E-state index in [2.05, 4.69) is 4.90 Å². The average Bonchev–Trinajstić information content (AvgIpc) is 2.99. The Morgan fingerprint density at radius 3 is 2.55 bits per heavy atom. The quantitative estimate of drug-likeness (QED) is 0.831. The molecule has 0 saturated carbocycles. The fraction of sp³-hybridized carbons (Fsp3) is 0.562. The summed E-state index contributed by atoms with van der Waals surface area (Å²) in [7, 11) is 0. The molecule has 0 bridgehead atoms. The summed E-state index contributed by atoms with van der Waals surface area (Å²) in [6, 6.07) is 9.83. The van der Waals surface area contributed by atoms with Crippen LogP contribution in [0.1, 0.15) is 25.7 Å². The van der Waals surface area contributed by atoms with E-state index in [4.69, 9.17) is 4.74 Å². The van der Waals surface area contributed by atoms with E-state index in [1.807, 2.05) is 35.2 Å². The minimum Gasteiger partial charge on any atom is -0.410 e. The second-order valence-corrected chi connectivity index (χ2v) is 5.67. The lowest BCUT2D eigenvalue weighted by Crippen LogP contribution is -2.42. The maximum atomic E-state index is 12.1. The maximum absolute atomic E-state index is 12.1. The standard InChI is InChI=1S/C16H22N2O2/c19-16(20-15-7-3-1-4-8-15)18-12-9-14(13-18)17-10-5-2-6-11-17/h1,3-4,7-8,14H,2,5-6,9-13H2. The van der Waals surface area contributed by atoms with E-state index in [-0.39, 0.29) is 6.09 Å². The number of hydrogen-bond acceptors (Lipinski definition) is 3. The molecule has 1 unspecified atom stereocenters. The summed E-state index contributed by atoms with van der Waals surface area (Å²) in [6.07, 6.45) is 4.80. The van der Waals surface area contributed by atoms with Gasteiger partial charge in [-0.25, -0.2) is 4.79 Å². The number of piperidine rings is 1. The molecule has 20 heavy (non-hydrogen) atoms. The molecule has 2 aliphatic heterocycles. The Bertz CT molecular complexity index is 443. The van der Waals surface area contributed by atoms with Gasteiger partial charge in [0.15, 0.2) is 0 Å². The molecule has 1 aromatic rings. The van der Waals surface area contributed by atoms with Crippen LogP contribution in [0.25, 0.3) is 0 Å². The van der Waals surface area contributed by atoms with Crippen molar-refractivity contribution in [2.24, 2.45) is 0 Å². The van der Waals surface area contributed by atoms with Gasteiger partial charge in [0.25, 0.3) is 0 Å². The van der Waals surface area contributed by atoms with Gasteiger partial charge < -0.3 is 9.64 Å². The Labute approximate surface area is 120 Å². The molecule has 0 aromatic heterocycles. The summed E-state index contributed by atoms with van der Waals surface area (Å²) in [6.45, 7) is 4.00. The van der Waals surface area contributed by atoms with E-state index < -0.39 is 0 Å². The van der Waals surface area contributed by atoms with E-state index >= 15 is 0 Å². The predicted octanol–water partition coefficient (Wildman–Crippen LogP) is 2.75. The van der Waals surface area contributed by atoms with Crippen LogP contribution in [0.15, 0.2) is 30.3 Å². The van der Waals surface area contributed by atoms with Crippen molar-refractivity contribution in [3.8, 4) is 5.75 Å². The molecule has 108 valence electrons. The van der Waals surface area contributed by atoms with Gasteiger partial charge in [-0.05, 0) is 44.5 Å². The molecule has 2 heterocycles. The third kappa shape index (κ3) is 3.12. The van der Waals surface area contributed by atoms with Crippen molar-refractivity contribution in [3.05, 3.63) is 30.3 Å². The number of benzene rings is 1. The number of likely N-dealkylation sites (tertiary alicyclic amines) is 2. The number of amides is 1. The molecular weight excluding hydrogens is 252 g/mol. The Morgan fingerprint density at radius 1 is 1.05 bits per heavy atom. The van der Waals surface area contributed by atoms with E-state index in [1.54, 1.807) is 0 Å². The number of para-hydroxylation sites is 1. The fourth-order valence-electron chi connectivity index (χ4n) is 3.14. The molecule has 4 nitrogen and oxygen atoms in total. The molecule has 0 spiro atoms. The van der Waals surface area contributed by atoms with Gasteiger partial charge >= 0.3 is 6.09 Å². The first-order valence-corrected chi connectivity index (χ1v) is 7.59. The van der Waals surface area contributed by atoms with E-state index in [0.717, 1.165) is 19.5 Å². The van der Waals surface area contributed by atoms with Gasteiger partial charge in [-0.1, -0.05) is 24.6 Å². The van der Waals surface area contributed by atoms with Crippen molar-refractivity contribution in [3.63, 3.8) is 0 Å². The minimum absolute atomic E-state index is 0.212. The first kappa shape index (κ1) is 13.4. The number of rotatable bonds is 2. The van der Waals surface area contributed by atoms with Crippen LogP contribution in [0, 0.1) is 0 Å². The zero-order valence-corrected chi connectivity index (χ0v) is 11.8. The Morgan fingerprint density at radius 2 is 1.80 bits per heavy atom. The molecule has 4 heteroatoms. The van der Waals surface area contributed by atoms with Crippen molar-refractivity contribution in [2.75, 3.05) is 26.2 Å². The van der Waals surface area contributed by atoms with Crippen LogP contribution in [0.3, 0.4) is 0 Å². The van der Waals surface area contributed by atoms with E-state index in [0.29, 0.717) is 11.8 Å². The Balaban J connectivity index is 1.52. The van der Waals surface area contributed by atoms with Gasteiger partial charge in [-0.3, -0.25) is 4.90 Å². The molecule has 2 aliphatic rings. The molecule has 1 atom stereocenters. The molecule has 1 aromatic carbocycles. The van der Waals surface area contributed by atoms with E-state index in [9.17, 15) is 4.79 Å². The van der Waals surface area contributed by atoms with Crippen molar-refractivity contribution in [2.45, 2.75) is 31.7 Å². The Kier molecular flexibility index (Phi) is 4.21. The first-order valence-electron chi connectivity index (χ1n) is 7.59. The van der Waals surface area contributed by atoms with Crippen molar-refractivity contribution < 1.29 is 9.53 Å². The molecule has 3 rings (SSSR count). The second-order valence-electron chi connectivity index (χ2n) is 5.67. The van der Waals surface area contributed by atoms with Gasteiger partial charge in [0.05, 0.1) is 0 Å². The first-order chi connectivity index (χ1) is 9.83. The highest BCUT2D eigenvalue weighted by molar-refractivity contribution is 5.71. The van der Waals surface area contributed by atoms with Crippen LogP contribution < -0.4 is 4.74 Å². The van der Waals surface area contributed by atoms with Gasteiger partial charge in [-0.15, -0.1) is 0 Å². The second kappa shape index (κ2) is 6.27. The molecule has 0 aliphatic carbocycles. The van der Waals surface area contributed by atoms with Gasteiger partial charge in [0, 0.05) is 19.1 Å². The summed E-state index contributed by atoms with van der Waals surface area (Å²) in [4.78, 5) is 16.5. The van der Waals surface area contributed by atoms with Crippen molar-refractivity contribution in [1.82, 2.24) is 9.80 Å². The zero-order valence-electron chi connectivity index (χ0n) is 11.8. The molecular formula is C16H22N2O2. The lowest BCUT2D eigenvalue weighted by Gasteiger charge is -2.31. The topological polar surface area (TPSA) is 32.8 Å². The Hall–Kier alpha value is -1.55. The van der Waals surface area contributed by atoms with E-state index in [1.165, 1.54) is 32.4 Å². The number of ether oxygens (including phenoxy) is 1. The highest BCUT2D eigenvalue weighted by atomic mass is 16.6. The minimum atomic E-state index is -0.212. The van der Waals surface area contributed by atoms with Crippen molar-refractivity contribution >= 4 is 6.09 Å². The molecule has 2 saturated heterocycles. The lowest BCUT2D eigenvalue weighted by atomic mass is 10.1. The summed E-state index contributed by atoms with van der Waals surface area (Å²) in [5.41, 5.74) is 0. The van der Waals surface area contributed by atoms with Crippen molar-refractivity contribution in [1.29, 1.82) is 0 Å². The highest BCUT2D eigenvalue weighted by Gasteiger charge is 2.31. The number of carbonyl (C=O) groups is 1. The molecule has 2 fully saturated rings. The van der Waals surface area contributed by atoms with Gasteiger partial charge in [-0.2, -0.15) is 0 Å². The number of hydrogen-bond donors (Lipinski definition) is 0. The highest BCUT2D eigenvalue weighted by Crippen LogP contribution is 2.21. The number of nitrogens with zero attached hydrogens (tertiary/aromatic N) is 2. The van der Waals surface area contributed by atoms with Crippen LogP contribution in [0.5, 0.6) is 5.75 Å². The molecule has 1 amide bonds. The predicted molar refractivity (Wildman–Crippen MR) is 77.9 cm³/mol.